The Labute approximate surface area is 130 Å². The average Bonchev–Trinajstić information content (AvgIpc) is 2.92. The van der Waals surface area contributed by atoms with E-state index in [4.69, 9.17) is 0 Å². The first-order valence-electron chi connectivity index (χ1n) is 7.64. The number of fused-ring (bicyclic) bond motifs is 1. The first-order chi connectivity index (χ1) is 10.2. The zero-order valence-electron chi connectivity index (χ0n) is 12.6. The SMILES string of the molecule is CCC1CCc2c(C(=O)Nc3ccc(C)cc3)csc2C1. The van der Waals surface area contributed by atoms with Crippen LogP contribution in [0.4, 0.5) is 5.69 Å². The lowest BCUT2D eigenvalue weighted by Gasteiger charge is -2.21. The van der Waals surface area contributed by atoms with Crippen LogP contribution in [0.2, 0.25) is 0 Å². The molecule has 0 radical (unpaired) electrons. The van der Waals surface area contributed by atoms with Crippen molar-refractivity contribution in [1.82, 2.24) is 0 Å². The van der Waals surface area contributed by atoms with Crippen LogP contribution in [0.15, 0.2) is 29.6 Å². The van der Waals surface area contributed by atoms with Gasteiger partial charge in [-0.05, 0) is 49.8 Å². The van der Waals surface area contributed by atoms with E-state index in [0.717, 1.165) is 30.0 Å². The molecule has 2 nitrogen and oxygen atoms in total. The highest BCUT2D eigenvalue weighted by Gasteiger charge is 2.24. The zero-order chi connectivity index (χ0) is 14.8. The summed E-state index contributed by atoms with van der Waals surface area (Å²) in [5.74, 6) is 0.829. The Kier molecular flexibility index (Phi) is 4.11. The van der Waals surface area contributed by atoms with Gasteiger partial charge in [-0.1, -0.05) is 31.0 Å². The molecule has 0 fully saturated rings. The van der Waals surface area contributed by atoms with Gasteiger partial charge in [-0.15, -0.1) is 11.3 Å². The van der Waals surface area contributed by atoms with Crippen molar-refractivity contribution in [2.24, 2.45) is 5.92 Å². The smallest absolute Gasteiger partial charge is 0.256 e. The molecule has 1 aliphatic rings. The number of amides is 1. The van der Waals surface area contributed by atoms with Crippen molar-refractivity contribution in [3.63, 3.8) is 0 Å². The van der Waals surface area contributed by atoms with Gasteiger partial charge in [-0.2, -0.15) is 0 Å². The Morgan fingerprint density at radius 3 is 2.81 bits per heavy atom. The minimum Gasteiger partial charge on any atom is -0.322 e. The number of carbonyl (C=O) groups excluding carboxylic acids is 1. The molecule has 3 rings (SSSR count). The molecule has 0 bridgehead atoms. The molecule has 1 heterocycles. The van der Waals surface area contributed by atoms with E-state index in [1.807, 2.05) is 36.6 Å². The van der Waals surface area contributed by atoms with Gasteiger partial charge in [0, 0.05) is 15.9 Å². The Morgan fingerprint density at radius 1 is 1.33 bits per heavy atom. The van der Waals surface area contributed by atoms with Crippen LogP contribution in [0, 0.1) is 12.8 Å². The van der Waals surface area contributed by atoms with Crippen LogP contribution >= 0.6 is 11.3 Å². The predicted octanol–water partition coefficient (Wildman–Crippen LogP) is 4.82. The van der Waals surface area contributed by atoms with E-state index >= 15 is 0 Å². The molecule has 110 valence electrons. The van der Waals surface area contributed by atoms with Crippen LogP contribution in [0.25, 0.3) is 0 Å². The van der Waals surface area contributed by atoms with Crippen molar-refractivity contribution < 1.29 is 4.79 Å². The fourth-order valence-corrected chi connectivity index (χ4v) is 4.15. The monoisotopic (exact) mass is 299 g/mol. The topological polar surface area (TPSA) is 29.1 Å². The number of rotatable bonds is 3. The van der Waals surface area contributed by atoms with Gasteiger partial charge >= 0.3 is 0 Å². The van der Waals surface area contributed by atoms with Gasteiger partial charge in [-0.25, -0.2) is 0 Å². The minimum absolute atomic E-state index is 0.0336. The van der Waals surface area contributed by atoms with Crippen LogP contribution in [0.5, 0.6) is 0 Å². The summed E-state index contributed by atoms with van der Waals surface area (Å²) >= 11 is 1.75. The van der Waals surface area contributed by atoms with Gasteiger partial charge in [0.15, 0.2) is 0 Å². The first kappa shape index (κ1) is 14.3. The molecule has 2 aromatic rings. The second kappa shape index (κ2) is 6.02. The Balaban J connectivity index is 1.77. The van der Waals surface area contributed by atoms with Crippen molar-refractivity contribution in [1.29, 1.82) is 0 Å². The van der Waals surface area contributed by atoms with E-state index in [2.05, 4.69) is 12.2 Å². The Hall–Kier alpha value is -1.61. The molecule has 1 N–H and O–H groups in total. The second-order valence-corrected chi connectivity index (χ2v) is 6.85. The maximum atomic E-state index is 12.5. The van der Waals surface area contributed by atoms with Crippen LogP contribution in [-0.4, -0.2) is 5.91 Å². The van der Waals surface area contributed by atoms with E-state index in [9.17, 15) is 4.79 Å². The molecule has 1 amide bonds. The standard InChI is InChI=1S/C18H21NOS/c1-3-13-6-9-15-16(11-21-17(15)10-13)18(20)19-14-7-4-12(2)5-8-14/h4-5,7-8,11,13H,3,6,9-10H2,1-2H3,(H,19,20). The van der Waals surface area contributed by atoms with E-state index in [1.165, 1.54) is 28.8 Å². The number of carbonyl (C=O) groups is 1. The van der Waals surface area contributed by atoms with Crippen LogP contribution < -0.4 is 5.32 Å². The Bertz CT molecular complexity index is 642. The lowest BCUT2D eigenvalue weighted by molar-refractivity contribution is 0.102. The fraction of sp³-hybridized carbons (Fsp3) is 0.389. The molecule has 0 saturated heterocycles. The van der Waals surface area contributed by atoms with Gasteiger partial charge in [0.25, 0.3) is 5.91 Å². The molecule has 0 spiro atoms. The Morgan fingerprint density at radius 2 is 2.10 bits per heavy atom. The third-order valence-electron chi connectivity index (χ3n) is 4.39. The van der Waals surface area contributed by atoms with Crippen molar-refractivity contribution in [3.8, 4) is 0 Å². The van der Waals surface area contributed by atoms with Crippen LogP contribution in [0.3, 0.4) is 0 Å². The summed E-state index contributed by atoms with van der Waals surface area (Å²) < 4.78 is 0. The molecule has 1 atom stereocenters. The van der Waals surface area contributed by atoms with Gasteiger partial charge in [0.2, 0.25) is 0 Å². The molecule has 1 aromatic carbocycles. The van der Waals surface area contributed by atoms with Gasteiger partial charge in [0.1, 0.15) is 0 Å². The normalized spacial score (nSPS) is 17.3. The van der Waals surface area contributed by atoms with Gasteiger partial charge in [-0.3, -0.25) is 4.79 Å². The van der Waals surface area contributed by atoms with Gasteiger partial charge < -0.3 is 5.32 Å². The molecule has 21 heavy (non-hydrogen) atoms. The highest BCUT2D eigenvalue weighted by atomic mass is 32.1. The quantitative estimate of drug-likeness (QED) is 0.864. The van der Waals surface area contributed by atoms with Crippen LogP contribution in [-0.2, 0) is 12.8 Å². The number of thiophene rings is 1. The summed E-state index contributed by atoms with van der Waals surface area (Å²) in [6.45, 7) is 4.30. The maximum absolute atomic E-state index is 12.5. The molecular formula is C18H21NOS. The number of anilines is 1. The third-order valence-corrected chi connectivity index (χ3v) is 5.44. The van der Waals surface area contributed by atoms with E-state index in [0.29, 0.717) is 0 Å². The summed E-state index contributed by atoms with van der Waals surface area (Å²) in [6.07, 6.45) is 4.65. The summed E-state index contributed by atoms with van der Waals surface area (Å²) in [5, 5.41) is 5.05. The van der Waals surface area contributed by atoms with Crippen molar-refractivity contribution >= 4 is 22.9 Å². The molecule has 0 saturated carbocycles. The second-order valence-electron chi connectivity index (χ2n) is 5.89. The van der Waals surface area contributed by atoms with E-state index in [1.54, 1.807) is 11.3 Å². The third kappa shape index (κ3) is 3.03. The zero-order valence-corrected chi connectivity index (χ0v) is 13.4. The minimum atomic E-state index is 0.0336. The number of hydrogen-bond acceptors (Lipinski definition) is 2. The fourth-order valence-electron chi connectivity index (χ4n) is 2.95. The van der Waals surface area contributed by atoms with Gasteiger partial charge in [0.05, 0.1) is 5.56 Å². The van der Waals surface area contributed by atoms with Crippen LogP contribution in [0.1, 0.15) is 46.1 Å². The predicted molar refractivity (Wildman–Crippen MR) is 89.3 cm³/mol. The lowest BCUT2D eigenvalue weighted by atomic mass is 9.86. The number of benzene rings is 1. The molecule has 1 aromatic heterocycles. The molecule has 3 heteroatoms. The molecular weight excluding hydrogens is 278 g/mol. The summed E-state index contributed by atoms with van der Waals surface area (Å²) in [6, 6.07) is 7.95. The number of nitrogens with one attached hydrogen (secondary N) is 1. The van der Waals surface area contributed by atoms with Crippen molar-refractivity contribution in [2.75, 3.05) is 5.32 Å². The lowest BCUT2D eigenvalue weighted by Crippen LogP contribution is -2.17. The molecule has 1 aliphatic carbocycles. The summed E-state index contributed by atoms with van der Waals surface area (Å²) in [7, 11) is 0. The average molecular weight is 299 g/mol. The van der Waals surface area contributed by atoms with E-state index < -0.39 is 0 Å². The largest absolute Gasteiger partial charge is 0.322 e. The highest BCUT2D eigenvalue weighted by molar-refractivity contribution is 7.10. The highest BCUT2D eigenvalue weighted by Crippen LogP contribution is 2.34. The molecule has 0 aliphatic heterocycles. The summed E-state index contributed by atoms with van der Waals surface area (Å²) in [5.41, 5.74) is 4.23. The number of hydrogen-bond donors (Lipinski definition) is 1. The molecule has 1 unspecified atom stereocenters. The van der Waals surface area contributed by atoms with Crippen molar-refractivity contribution in [3.05, 3.63) is 51.2 Å². The van der Waals surface area contributed by atoms with E-state index in [-0.39, 0.29) is 5.91 Å². The summed E-state index contributed by atoms with van der Waals surface area (Å²) in [4.78, 5) is 13.9. The maximum Gasteiger partial charge on any atom is 0.256 e. The first-order valence-corrected chi connectivity index (χ1v) is 8.52. The van der Waals surface area contributed by atoms with Crippen molar-refractivity contribution in [2.45, 2.75) is 39.5 Å². The number of aryl methyl sites for hydroxylation is 1.